The van der Waals surface area contributed by atoms with Crippen molar-refractivity contribution < 1.29 is 4.79 Å². The Morgan fingerprint density at radius 2 is 2.15 bits per heavy atom. The molecule has 1 aliphatic carbocycles. The van der Waals surface area contributed by atoms with Gasteiger partial charge in [0.2, 0.25) is 0 Å². The summed E-state index contributed by atoms with van der Waals surface area (Å²) in [7, 11) is 0. The third kappa shape index (κ3) is 1.51. The number of fused-ring (bicyclic) bond motifs is 1. The molecule has 0 saturated carbocycles. The molecule has 0 bridgehead atoms. The molecule has 0 aromatic heterocycles. The number of carbonyl (C=O) groups excluding carboxylic acids is 1. The van der Waals surface area contributed by atoms with Crippen molar-refractivity contribution in [2.75, 3.05) is 0 Å². The van der Waals surface area contributed by atoms with E-state index in [0.29, 0.717) is 5.78 Å². The van der Waals surface area contributed by atoms with E-state index in [9.17, 15) is 4.79 Å². The lowest BCUT2D eigenvalue weighted by Crippen LogP contribution is -2.15. The largest absolute Gasteiger partial charge is 0.299 e. The Kier molecular flexibility index (Phi) is 2.17. The molecule has 1 heteroatoms. The molecule has 0 saturated heterocycles. The van der Waals surface area contributed by atoms with Gasteiger partial charge >= 0.3 is 0 Å². The van der Waals surface area contributed by atoms with Gasteiger partial charge in [-0.05, 0) is 37.3 Å². The number of hydrogen-bond acceptors (Lipinski definition) is 1. The third-order valence-corrected chi connectivity index (χ3v) is 2.86. The van der Waals surface area contributed by atoms with E-state index in [1.165, 1.54) is 11.1 Å². The molecule has 0 spiro atoms. The van der Waals surface area contributed by atoms with Crippen LogP contribution in [0.1, 0.15) is 36.8 Å². The van der Waals surface area contributed by atoms with Gasteiger partial charge in [-0.3, -0.25) is 4.79 Å². The van der Waals surface area contributed by atoms with Crippen molar-refractivity contribution in [1.82, 2.24) is 0 Å². The van der Waals surface area contributed by atoms with Gasteiger partial charge < -0.3 is 0 Å². The number of rotatable bonds is 1. The highest BCUT2D eigenvalue weighted by Crippen LogP contribution is 2.31. The van der Waals surface area contributed by atoms with E-state index < -0.39 is 0 Å². The van der Waals surface area contributed by atoms with Crippen LogP contribution in [0.5, 0.6) is 0 Å². The Hall–Kier alpha value is -1.11. The molecule has 0 radical (unpaired) electrons. The van der Waals surface area contributed by atoms with E-state index in [2.05, 4.69) is 18.2 Å². The van der Waals surface area contributed by atoms with Crippen LogP contribution < -0.4 is 0 Å². The molecule has 1 atom stereocenters. The van der Waals surface area contributed by atoms with Crippen molar-refractivity contribution in [3.8, 4) is 0 Å². The van der Waals surface area contributed by atoms with Crippen LogP contribution in [0, 0.1) is 0 Å². The summed E-state index contributed by atoms with van der Waals surface area (Å²) in [5.41, 5.74) is 2.63. The number of ketones is 1. The van der Waals surface area contributed by atoms with Crippen molar-refractivity contribution >= 4 is 5.78 Å². The molecule has 1 aromatic rings. The van der Waals surface area contributed by atoms with Gasteiger partial charge in [0.05, 0.1) is 0 Å². The average molecular weight is 174 g/mol. The molecule has 13 heavy (non-hydrogen) atoms. The van der Waals surface area contributed by atoms with Crippen molar-refractivity contribution in [1.29, 1.82) is 0 Å². The normalized spacial score (nSPS) is 20.8. The summed E-state index contributed by atoms with van der Waals surface area (Å²) in [6.07, 6.45) is 3.33. The lowest BCUT2D eigenvalue weighted by Gasteiger charge is -2.22. The quantitative estimate of drug-likeness (QED) is 0.639. The predicted molar refractivity (Wildman–Crippen MR) is 52.8 cm³/mol. The second kappa shape index (κ2) is 3.33. The van der Waals surface area contributed by atoms with Crippen LogP contribution in [0.3, 0.4) is 0 Å². The maximum absolute atomic E-state index is 11.4. The fourth-order valence-corrected chi connectivity index (χ4v) is 2.18. The van der Waals surface area contributed by atoms with Crippen molar-refractivity contribution in [3.63, 3.8) is 0 Å². The minimum atomic E-state index is 0.171. The first-order valence-electron chi connectivity index (χ1n) is 4.87. The third-order valence-electron chi connectivity index (χ3n) is 2.86. The highest BCUT2D eigenvalue weighted by molar-refractivity contribution is 5.84. The van der Waals surface area contributed by atoms with Gasteiger partial charge in [-0.15, -0.1) is 0 Å². The summed E-state index contributed by atoms with van der Waals surface area (Å²) in [5.74, 6) is 0.483. The van der Waals surface area contributed by atoms with E-state index in [-0.39, 0.29) is 5.92 Å². The second-order valence-electron chi connectivity index (χ2n) is 3.75. The fourth-order valence-electron chi connectivity index (χ4n) is 2.18. The second-order valence-corrected chi connectivity index (χ2v) is 3.75. The van der Waals surface area contributed by atoms with Gasteiger partial charge in [0.15, 0.2) is 0 Å². The molecule has 0 fully saturated rings. The molecule has 1 unspecified atom stereocenters. The molecule has 0 aliphatic heterocycles. The molecule has 0 heterocycles. The van der Waals surface area contributed by atoms with E-state index in [0.717, 1.165) is 19.3 Å². The monoisotopic (exact) mass is 174 g/mol. The highest BCUT2D eigenvalue weighted by Gasteiger charge is 2.22. The first kappa shape index (κ1) is 8.49. The number of carbonyl (C=O) groups is 1. The minimum absolute atomic E-state index is 0.171. The minimum Gasteiger partial charge on any atom is -0.299 e. The molecule has 0 N–H and O–H groups in total. The Balaban J connectivity index is 2.42. The van der Waals surface area contributed by atoms with Crippen LogP contribution in [0.15, 0.2) is 24.3 Å². The van der Waals surface area contributed by atoms with Crippen LogP contribution >= 0.6 is 0 Å². The molecule has 1 aliphatic rings. The lowest BCUT2D eigenvalue weighted by atomic mass is 9.81. The van der Waals surface area contributed by atoms with Crippen LogP contribution in [-0.4, -0.2) is 5.78 Å². The Morgan fingerprint density at radius 3 is 2.92 bits per heavy atom. The van der Waals surface area contributed by atoms with Crippen molar-refractivity contribution in [2.24, 2.45) is 0 Å². The van der Waals surface area contributed by atoms with Crippen LogP contribution in [0.2, 0.25) is 0 Å². The molecular formula is C12H14O. The number of Topliss-reactive ketones (excluding diaryl/α,β-unsaturated/α-hetero) is 1. The summed E-state index contributed by atoms with van der Waals surface area (Å²) < 4.78 is 0. The Morgan fingerprint density at radius 1 is 1.38 bits per heavy atom. The highest BCUT2D eigenvalue weighted by atomic mass is 16.1. The first-order chi connectivity index (χ1) is 6.29. The Bertz CT molecular complexity index is 328. The van der Waals surface area contributed by atoms with Crippen LogP contribution in [0.4, 0.5) is 0 Å². The van der Waals surface area contributed by atoms with Gasteiger partial charge in [-0.2, -0.15) is 0 Å². The van der Waals surface area contributed by atoms with Gasteiger partial charge in [-0.1, -0.05) is 24.3 Å². The lowest BCUT2D eigenvalue weighted by molar-refractivity contribution is -0.118. The summed E-state index contributed by atoms with van der Waals surface area (Å²) in [6.45, 7) is 1.70. The maximum atomic E-state index is 11.4. The summed E-state index contributed by atoms with van der Waals surface area (Å²) >= 11 is 0. The molecule has 2 rings (SSSR count). The average Bonchev–Trinajstić information content (AvgIpc) is 2.17. The SMILES string of the molecule is CC(=O)C1CCCc2ccccc21. The van der Waals surface area contributed by atoms with Gasteiger partial charge in [0.25, 0.3) is 0 Å². The fraction of sp³-hybridized carbons (Fsp3) is 0.417. The van der Waals surface area contributed by atoms with Crippen LogP contribution in [0.25, 0.3) is 0 Å². The zero-order chi connectivity index (χ0) is 9.26. The zero-order valence-electron chi connectivity index (χ0n) is 7.92. The van der Waals surface area contributed by atoms with E-state index >= 15 is 0 Å². The van der Waals surface area contributed by atoms with Gasteiger partial charge in [0.1, 0.15) is 5.78 Å². The standard InChI is InChI=1S/C12H14O/c1-9(13)11-8-4-6-10-5-2-3-7-12(10)11/h2-3,5,7,11H,4,6,8H2,1H3. The molecule has 1 aromatic carbocycles. The number of hydrogen-bond donors (Lipinski definition) is 0. The van der Waals surface area contributed by atoms with Crippen molar-refractivity contribution in [3.05, 3.63) is 35.4 Å². The number of aryl methyl sites for hydroxylation is 1. The smallest absolute Gasteiger partial charge is 0.137 e. The summed E-state index contributed by atoms with van der Waals surface area (Å²) in [4.78, 5) is 11.4. The molecule has 68 valence electrons. The maximum Gasteiger partial charge on any atom is 0.137 e. The van der Waals surface area contributed by atoms with Crippen molar-refractivity contribution in [2.45, 2.75) is 32.1 Å². The molecule has 0 amide bonds. The van der Waals surface area contributed by atoms with E-state index in [4.69, 9.17) is 0 Å². The van der Waals surface area contributed by atoms with Gasteiger partial charge in [-0.25, -0.2) is 0 Å². The summed E-state index contributed by atoms with van der Waals surface area (Å²) in [5, 5.41) is 0. The summed E-state index contributed by atoms with van der Waals surface area (Å²) in [6, 6.07) is 8.33. The molecular weight excluding hydrogens is 160 g/mol. The number of benzene rings is 1. The molecule has 1 nitrogen and oxygen atoms in total. The van der Waals surface area contributed by atoms with E-state index in [1.807, 2.05) is 6.07 Å². The topological polar surface area (TPSA) is 17.1 Å². The first-order valence-corrected chi connectivity index (χ1v) is 4.87. The van der Waals surface area contributed by atoms with Gasteiger partial charge in [0, 0.05) is 5.92 Å². The van der Waals surface area contributed by atoms with E-state index in [1.54, 1.807) is 6.92 Å². The Labute approximate surface area is 78.8 Å². The zero-order valence-corrected chi connectivity index (χ0v) is 7.92. The predicted octanol–water partition coefficient (Wildman–Crippen LogP) is 2.70. The van der Waals surface area contributed by atoms with Crippen LogP contribution in [-0.2, 0) is 11.2 Å².